The zero-order chi connectivity index (χ0) is 10.6. The number of hydrogen-bond acceptors (Lipinski definition) is 3. The van der Waals surface area contributed by atoms with E-state index in [1.807, 2.05) is 11.4 Å². The van der Waals surface area contributed by atoms with E-state index in [0.717, 1.165) is 22.9 Å². The smallest absolute Gasteiger partial charge is 0.0561 e. The minimum Gasteiger partial charge on any atom is -0.384 e. The van der Waals surface area contributed by atoms with Gasteiger partial charge in [0.25, 0.3) is 0 Å². The molecule has 0 aliphatic heterocycles. The van der Waals surface area contributed by atoms with E-state index < -0.39 is 0 Å². The van der Waals surface area contributed by atoms with Crippen LogP contribution < -0.4 is 5.73 Å². The Bertz CT molecular complexity index is 277. The van der Waals surface area contributed by atoms with Crippen LogP contribution in [-0.2, 0) is 4.74 Å². The van der Waals surface area contributed by atoms with Crippen LogP contribution in [0.1, 0.15) is 24.3 Å². The maximum atomic E-state index is 6.04. The van der Waals surface area contributed by atoms with Gasteiger partial charge < -0.3 is 10.5 Å². The zero-order valence-corrected chi connectivity index (χ0v) is 10.1. The van der Waals surface area contributed by atoms with Gasteiger partial charge in [0.2, 0.25) is 0 Å². The standard InChI is InChI=1S/C10H16ClNOS/c1-7(6-13-2)5-9(12)10-8(11)3-4-14-10/h3-4,7,9H,5-6,12H2,1-2H3. The Hall–Kier alpha value is -0.0900. The average molecular weight is 234 g/mol. The first-order valence-electron chi connectivity index (χ1n) is 4.62. The predicted octanol–water partition coefficient (Wildman–Crippen LogP) is 3.07. The van der Waals surface area contributed by atoms with Crippen LogP contribution in [0.5, 0.6) is 0 Å². The van der Waals surface area contributed by atoms with Gasteiger partial charge in [-0.05, 0) is 23.8 Å². The van der Waals surface area contributed by atoms with Gasteiger partial charge in [-0.3, -0.25) is 0 Å². The molecule has 1 aromatic rings. The molecule has 2 atom stereocenters. The Morgan fingerprint density at radius 3 is 2.86 bits per heavy atom. The third kappa shape index (κ3) is 3.24. The van der Waals surface area contributed by atoms with E-state index in [1.165, 1.54) is 0 Å². The fourth-order valence-electron chi connectivity index (χ4n) is 1.46. The molecule has 1 aromatic heterocycles. The minimum absolute atomic E-state index is 0.0349. The molecule has 0 saturated carbocycles. The second-order valence-electron chi connectivity index (χ2n) is 3.54. The fraction of sp³-hybridized carbons (Fsp3) is 0.600. The molecule has 0 bridgehead atoms. The lowest BCUT2D eigenvalue weighted by Crippen LogP contribution is -2.15. The Morgan fingerprint density at radius 1 is 1.64 bits per heavy atom. The van der Waals surface area contributed by atoms with E-state index >= 15 is 0 Å². The van der Waals surface area contributed by atoms with Gasteiger partial charge in [0, 0.05) is 24.6 Å². The molecule has 0 radical (unpaired) electrons. The van der Waals surface area contributed by atoms with E-state index in [2.05, 4.69) is 6.92 Å². The molecule has 1 heterocycles. The summed E-state index contributed by atoms with van der Waals surface area (Å²) in [4.78, 5) is 1.08. The first-order chi connectivity index (χ1) is 6.65. The molecule has 0 aliphatic carbocycles. The molecule has 1 rings (SSSR count). The summed E-state index contributed by atoms with van der Waals surface area (Å²) in [6.07, 6.45) is 0.911. The summed E-state index contributed by atoms with van der Waals surface area (Å²) >= 11 is 7.61. The number of rotatable bonds is 5. The van der Waals surface area contributed by atoms with Crippen molar-refractivity contribution >= 4 is 22.9 Å². The van der Waals surface area contributed by atoms with Crippen molar-refractivity contribution in [1.29, 1.82) is 0 Å². The van der Waals surface area contributed by atoms with Gasteiger partial charge in [-0.1, -0.05) is 18.5 Å². The molecule has 0 aliphatic rings. The van der Waals surface area contributed by atoms with Crippen LogP contribution in [0.3, 0.4) is 0 Å². The predicted molar refractivity (Wildman–Crippen MR) is 61.9 cm³/mol. The van der Waals surface area contributed by atoms with Gasteiger partial charge in [-0.15, -0.1) is 11.3 Å². The minimum atomic E-state index is 0.0349. The Labute approximate surface area is 94.0 Å². The van der Waals surface area contributed by atoms with Crippen molar-refractivity contribution in [3.8, 4) is 0 Å². The van der Waals surface area contributed by atoms with Crippen molar-refractivity contribution in [2.45, 2.75) is 19.4 Å². The van der Waals surface area contributed by atoms with Crippen LogP contribution in [-0.4, -0.2) is 13.7 Å². The molecule has 0 fully saturated rings. The zero-order valence-electron chi connectivity index (χ0n) is 8.50. The highest BCUT2D eigenvalue weighted by Crippen LogP contribution is 2.30. The number of ether oxygens (including phenoxy) is 1. The van der Waals surface area contributed by atoms with E-state index in [9.17, 15) is 0 Å². The molecule has 0 aromatic carbocycles. The molecule has 80 valence electrons. The van der Waals surface area contributed by atoms with Crippen molar-refractivity contribution in [2.24, 2.45) is 11.7 Å². The van der Waals surface area contributed by atoms with E-state index in [0.29, 0.717) is 5.92 Å². The highest BCUT2D eigenvalue weighted by molar-refractivity contribution is 7.10. The SMILES string of the molecule is COCC(C)CC(N)c1sccc1Cl. The summed E-state index contributed by atoms with van der Waals surface area (Å²) in [5.74, 6) is 0.466. The normalized spacial score (nSPS) is 15.4. The molecule has 0 spiro atoms. The monoisotopic (exact) mass is 233 g/mol. The number of halogens is 1. The van der Waals surface area contributed by atoms with Crippen molar-refractivity contribution < 1.29 is 4.74 Å². The van der Waals surface area contributed by atoms with Gasteiger partial charge in [0.15, 0.2) is 0 Å². The number of thiophene rings is 1. The van der Waals surface area contributed by atoms with E-state index in [-0.39, 0.29) is 6.04 Å². The fourth-order valence-corrected chi connectivity index (χ4v) is 2.68. The van der Waals surface area contributed by atoms with E-state index in [1.54, 1.807) is 18.4 Å². The molecular formula is C10H16ClNOS. The molecule has 2 nitrogen and oxygen atoms in total. The number of methoxy groups -OCH3 is 1. The summed E-state index contributed by atoms with van der Waals surface area (Å²) < 4.78 is 5.07. The first kappa shape index (κ1) is 12.0. The van der Waals surface area contributed by atoms with Crippen LogP contribution in [0.2, 0.25) is 5.02 Å². The summed E-state index contributed by atoms with van der Waals surface area (Å²) in [7, 11) is 1.71. The van der Waals surface area contributed by atoms with Crippen molar-refractivity contribution in [2.75, 3.05) is 13.7 Å². The second-order valence-corrected chi connectivity index (χ2v) is 4.89. The Balaban J connectivity index is 2.50. The quantitative estimate of drug-likeness (QED) is 0.849. The highest BCUT2D eigenvalue weighted by Gasteiger charge is 2.14. The maximum absolute atomic E-state index is 6.04. The summed E-state index contributed by atoms with van der Waals surface area (Å²) in [6, 6.07) is 1.93. The van der Waals surface area contributed by atoms with Crippen molar-refractivity contribution in [3.05, 3.63) is 21.3 Å². The molecule has 0 saturated heterocycles. The van der Waals surface area contributed by atoms with Crippen LogP contribution in [0.15, 0.2) is 11.4 Å². The Morgan fingerprint density at radius 2 is 2.36 bits per heavy atom. The molecule has 14 heavy (non-hydrogen) atoms. The topological polar surface area (TPSA) is 35.2 Å². The largest absolute Gasteiger partial charge is 0.384 e. The summed E-state index contributed by atoms with van der Waals surface area (Å²) in [6.45, 7) is 2.88. The van der Waals surface area contributed by atoms with Gasteiger partial charge in [-0.2, -0.15) is 0 Å². The van der Waals surface area contributed by atoms with Gasteiger partial charge in [0.05, 0.1) is 5.02 Å². The van der Waals surface area contributed by atoms with Gasteiger partial charge in [0.1, 0.15) is 0 Å². The number of nitrogens with two attached hydrogens (primary N) is 1. The molecule has 2 unspecified atom stereocenters. The molecule has 4 heteroatoms. The molecule has 2 N–H and O–H groups in total. The number of hydrogen-bond donors (Lipinski definition) is 1. The van der Waals surface area contributed by atoms with Crippen molar-refractivity contribution in [1.82, 2.24) is 0 Å². The maximum Gasteiger partial charge on any atom is 0.0561 e. The van der Waals surface area contributed by atoms with Gasteiger partial charge in [-0.25, -0.2) is 0 Å². The lowest BCUT2D eigenvalue weighted by Gasteiger charge is -2.15. The van der Waals surface area contributed by atoms with Crippen molar-refractivity contribution in [3.63, 3.8) is 0 Å². The van der Waals surface area contributed by atoms with Crippen LogP contribution in [0.4, 0.5) is 0 Å². The van der Waals surface area contributed by atoms with Gasteiger partial charge >= 0.3 is 0 Å². The third-order valence-electron chi connectivity index (χ3n) is 2.09. The Kier molecular flexibility index (Phi) is 4.89. The lowest BCUT2D eigenvalue weighted by atomic mass is 10.0. The van der Waals surface area contributed by atoms with Crippen LogP contribution in [0, 0.1) is 5.92 Å². The molecular weight excluding hydrogens is 218 g/mol. The average Bonchev–Trinajstić information content (AvgIpc) is 2.51. The lowest BCUT2D eigenvalue weighted by molar-refractivity contribution is 0.152. The summed E-state index contributed by atoms with van der Waals surface area (Å²) in [5, 5.41) is 2.76. The highest BCUT2D eigenvalue weighted by atomic mass is 35.5. The summed E-state index contributed by atoms with van der Waals surface area (Å²) in [5.41, 5.74) is 6.04. The van der Waals surface area contributed by atoms with Crippen LogP contribution >= 0.6 is 22.9 Å². The second kappa shape index (κ2) is 5.71. The van der Waals surface area contributed by atoms with E-state index in [4.69, 9.17) is 22.1 Å². The molecule has 0 amide bonds. The van der Waals surface area contributed by atoms with Crippen LogP contribution in [0.25, 0.3) is 0 Å². The first-order valence-corrected chi connectivity index (χ1v) is 5.88. The third-order valence-corrected chi connectivity index (χ3v) is 3.58.